The van der Waals surface area contributed by atoms with Crippen molar-refractivity contribution in [2.45, 2.75) is 34.1 Å². The molecule has 0 heterocycles. The van der Waals surface area contributed by atoms with Crippen molar-refractivity contribution in [3.05, 3.63) is 28.8 Å². The minimum absolute atomic E-state index is 0.0996. The fraction of sp³-hybridized carbons (Fsp3) is 0.625. The van der Waals surface area contributed by atoms with Crippen molar-refractivity contribution in [2.24, 2.45) is 17.6 Å². The number of aryl methyl sites for hydroxylation is 2. The molecular weight excluding hydrogens is 238 g/mol. The fourth-order valence-corrected chi connectivity index (χ4v) is 2.18. The average molecular weight is 265 g/mol. The number of benzene rings is 1. The van der Waals surface area contributed by atoms with Crippen LogP contribution in [-0.4, -0.2) is 24.9 Å². The summed E-state index contributed by atoms with van der Waals surface area (Å²) in [7, 11) is 0. The highest BCUT2D eigenvalue weighted by molar-refractivity contribution is 5.44. The van der Waals surface area contributed by atoms with E-state index in [0.29, 0.717) is 19.1 Å². The van der Waals surface area contributed by atoms with Gasteiger partial charge < -0.3 is 15.6 Å². The van der Waals surface area contributed by atoms with Crippen LogP contribution in [0.1, 0.15) is 30.5 Å². The highest BCUT2D eigenvalue weighted by Gasteiger charge is 2.14. The molecule has 3 nitrogen and oxygen atoms in total. The summed E-state index contributed by atoms with van der Waals surface area (Å²) in [6, 6.07) is 4.27. The Morgan fingerprint density at radius 2 is 1.95 bits per heavy atom. The monoisotopic (exact) mass is 265 g/mol. The summed E-state index contributed by atoms with van der Waals surface area (Å²) < 4.78 is 5.95. The Labute approximate surface area is 116 Å². The van der Waals surface area contributed by atoms with E-state index in [9.17, 15) is 5.11 Å². The van der Waals surface area contributed by atoms with E-state index in [1.807, 2.05) is 0 Å². The molecule has 1 rings (SSSR count). The number of hydrogen-bond donors (Lipinski definition) is 2. The molecule has 19 heavy (non-hydrogen) atoms. The molecule has 0 bridgehead atoms. The largest absolute Gasteiger partial charge is 0.493 e. The van der Waals surface area contributed by atoms with Crippen molar-refractivity contribution in [1.29, 1.82) is 0 Å². The third kappa shape index (κ3) is 4.84. The summed E-state index contributed by atoms with van der Waals surface area (Å²) in [5.74, 6) is 1.56. The van der Waals surface area contributed by atoms with Crippen molar-refractivity contribution in [3.63, 3.8) is 0 Å². The standard InChI is InChI=1S/C16H27NO2/c1-11(2)10-19-16-13(4)5-12(3)6-15(16)7-14(8-17)9-18/h5-6,11,14,18H,7-10,17H2,1-4H3. The number of ether oxygens (including phenoxy) is 1. The molecule has 0 aliphatic heterocycles. The van der Waals surface area contributed by atoms with Gasteiger partial charge in [0, 0.05) is 6.61 Å². The lowest BCUT2D eigenvalue weighted by Gasteiger charge is -2.19. The van der Waals surface area contributed by atoms with Crippen molar-refractivity contribution in [1.82, 2.24) is 0 Å². The van der Waals surface area contributed by atoms with Gasteiger partial charge in [0.15, 0.2) is 0 Å². The van der Waals surface area contributed by atoms with Gasteiger partial charge in [-0.25, -0.2) is 0 Å². The van der Waals surface area contributed by atoms with Gasteiger partial charge in [0.25, 0.3) is 0 Å². The summed E-state index contributed by atoms with van der Waals surface area (Å²) in [4.78, 5) is 0. The van der Waals surface area contributed by atoms with Crippen LogP contribution in [0, 0.1) is 25.7 Å². The molecule has 1 atom stereocenters. The van der Waals surface area contributed by atoms with Gasteiger partial charge in [0.05, 0.1) is 6.61 Å². The van der Waals surface area contributed by atoms with E-state index in [1.54, 1.807) is 0 Å². The second-order valence-electron chi connectivity index (χ2n) is 5.76. The first-order valence-electron chi connectivity index (χ1n) is 7.01. The predicted octanol–water partition coefficient (Wildman–Crippen LogP) is 2.45. The maximum absolute atomic E-state index is 9.31. The molecule has 0 saturated carbocycles. The molecule has 0 amide bonds. The second kappa shape index (κ2) is 7.51. The molecule has 1 aromatic carbocycles. The number of hydrogen-bond acceptors (Lipinski definition) is 3. The van der Waals surface area contributed by atoms with Gasteiger partial charge in [0.1, 0.15) is 5.75 Å². The van der Waals surface area contributed by atoms with E-state index < -0.39 is 0 Å². The lowest BCUT2D eigenvalue weighted by molar-refractivity contribution is 0.226. The van der Waals surface area contributed by atoms with Crippen LogP contribution in [-0.2, 0) is 6.42 Å². The van der Waals surface area contributed by atoms with Gasteiger partial charge >= 0.3 is 0 Å². The zero-order valence-corrected chi connectivity index (χ0v) is 12.6. The quantitative estimate of drug-likeness (QED) is 0.796. The number of nitrogens with two attached hydrogens (primary N) is 1. The van der Waals surface area contributed by atoms with Gasteiger partial charge in [-0.05, 0) is 49.8 Å². The Balaban J connectivity index is 2.98. The minimum Gasteiger partial charge on any atom is -0.493 e. The van der Waals surface area contributed by atoms with E-state index in [1.165, 1.54) is 5.56 Å². The van der Waals surface area contributed by atoms with Crippen molar-refractivity contribution < 1.29 is 9.84 Å². The van der Waals surface area contributed by atoms with Crippen LogP contribution < -0.4 is 10.5 Å². The van der Waals surface area contributed by atoms with Crippen LogP contribution >= 0.6 is 0 Å². The van der Waals surface area contributed by atoms with Crippen molar-refractivity contribution in [3.8, 4) is 5.75 Å². The highest BCUT2D eigenvalue weighted by Crippen LogP contribution is 2.28. The molecule has 0 saturated heterocycles. The highest BCUT2D eigenvalue weighted by atomic mass is 16.5. The molecule has 0 aliphatic carbocycles. The first-order valence-corrected chi connectivity index (χ1v) is 7.01. The fourth-order valence-electron chi connectivity index (χ4n) is 2.18. The van der Waals surface area contributed by atoms with Crippen LogP contribution in [0.5, 0.6) is 5.75 Å². The molecule has 0 fully saturated rings. The van der Waals surface area contributed by atoms with Crippen molar-refractivity contribution >= 4 is 0 Å². The first kappa shape index (κ1) is 16.0. The van der Waals surface area contributed by atoms with Crippen molar-refractivity contribution in [2.75, 3.05) is 19.8 Å². The zero-order chi connectivity index (χ0) is 14.4. The zero-order valence-electron chi connectivity index (χ0n) is 12.6. The van der Waals surface area contributed by atoms with Gasteiger partial charge in [0.2, 0.25) is 0 Å². The molecule has 0 spiro atoms. The van der Waals surface area contributed by atoms with Crippen LogP contribution in [0.15, 0.2) is 12.1 Å². The molecule has 1 unspecified atom stereocenters. The molecule has 0 aromatic heterocycles. The first-order chi connectivity index (χ1) is 8.97. The minimum atomic E-state index is 0.0996. The summed E-state index contributed by atoms with van der Waals surface area (Å²) >= 11 is 0. The average Bonchev–Trinajstić information content (AvgIpc) is 2.34. The molecular formula is C16H27NO2. The lowest BCUT2D eigenvalue weighted by Crippen LogP contribution is -2.21. The number of aliphatic hydroxyl groups is 1. The summed E-state index contributed by atoms with van der Waals surface area (Å²) in [5.41, 5.74) is 9.21. The Morgan fingerprint density at radius 3 is 2.47 bits per heavy atom. The van der Waals surface area contributed by atoms with E-state index in [-0.39, 0.29) is 12.5 Å². The third-order valence-electron chi connectivity index (χ3n) is 3.16. The van der Waals surface area contributed by atoms with E-state index in [2.05, 4.69) is 39.8 Å². The maximum Gasteiger partial charge on any atom is 0.125 e. The molecule has 0 radical (unpaired) electrons. The second-order valence-corrected chi connectivity index (χ2v) is 5.76. The van der Waals surface area contributed by atoms with Crippen LogP contribution in [0.4, 0.5) is 0 Å². The van der Waals surface area contributed by atoms with Crippen LogP contribution in [0.25, 0.3) is 0 Å². The normalized spacial score (nSPS) is 12.8. The third-order valence-corrected chi connectivity index (χ3v) is 3.16. The Hall–Kier alpha value is -1.06. The smallest absolute Gasteiger partial charge is 0.125 e. The molecule has 0 aliphatic rings. The maximum atomic E-state index is 9.31. The number of rotatable bonds is 7. The molecule has 1 aromatic rings. The summed E-state index contributed by atoms with van der Waals surface area (Å²) in [6.07, 6.45) is 0.767. The Morgan fingerprint density at radius 1 is 1.26 bits per heavy atom. The van der Waals surface area contributed by atoms with E-state index in [0.717, 1.165) is 23.3 Å². The van der Waals surface area contributed by atoms with Gasteiger partial charge in [-0.1, -0.05) is 31.5 Å². The Bertz CT molecular complexity index is 398. The molecule has 3 heteroatoms. The van der Waals surface area contributed by atoms with Crippen LogP contribution in [0.3, 0.4) is 0 Å². The molecule has 108 valence electrons. The predicted molar refractivity (Wildman–Crippen MR) is 79.6 cm³/mol. The number of aliphatic hydroxyl groups excluding tert-OH is 1. The van der Waals surface area contributed by atoms with Gasteiger partial charge in [-0.2, -0.15) is 0 Å². The molecule has 3 N–H and O–H groups in total. The van der Waals surface area contributed by atoms with E-state index in [4.69, 9.17) is 10.5 Å². The van der Waals surface area contributed by atoms with Crippen LogP contribution in [0.2, 0.25) is 0 Å². The SMILES string of the molecule is Cc1cc(C)c(OCC(C)C)c(CC(CN)CO)c1. The summed E-state index contributed by atoms with van der Waals surface area (Å²) in [6.45, 7) is 9.75. The van der Waals surface area contributed by atoms with Gasteiger partial charge in [-0.15, -0.1) is 0 Å². The van der Waals surface area contributed by atoms with Gasteiger partial charge in [-0.3, -0.25) is 0 Å². The Kier molecular flexibility index (Phi) is 6.32. The van der Waals surface area contributed by atoms with E-state index >= 15 is 0 Å². The topological polar surface area (TPSA) is 55.5 Å². The summed E-state index contributed by atoms with van der Waals surface area (Å²) in [5, 5.41) is 9.31. The lowest BCUT2D eigenvalue weighted by atomic mass is 9.96.